The Hall–Kier alpha value is -2.88. The second kappa shape index (κ2) is 6.48. The van der Waals surface area contributed by atoms with Crippen LogP contribution in [0, 0.1) is 0 Å². The zero-order valence-corrected chi connectivity index (χ0v) is 12.8. The summed E-state index contributed by atoms with van der Waals surface area (Å²) >= 11 is 0. The maximum atomic E-state index is 12.3. The van der Waals surface area contributed by atoms with Crippen LogP contribution in [0.1, 0.15) is 33.6 Å². The van der Waals surface area contributed by atoms with Crippen molar-refractivity contribution in [1.29, 1.82) is 0 Å². The highest BCUT2D eigenvalue weighted by Crippen LogP contribution is 2.21. The van der Waals surface area contributed by atoms with Crippen LogP contribution in [0.2, 0.25) is 0 Å². The zero-order chi connectivity index (χ0) is 16.2. The van der Waals surface area contributed by atoms with Crippen LogP contribution in [0.25, 0.3) is 10.9 Å². The molecule has 0 amide bonds. The molecule has 3 rings (SSSR count). The Kier molecular flexibility index (Phi) is 4.24. The number of hydrogen-bond donors (Lipinski definition) is 1. The minimum absolute atomic E-state index is 0.0312. The normalized spacial score (nSPS) is 10.7. The third-order valence-corrected chi connectivity index (χ3v) is 3.86. The molecule has 0 spiro atoms. The summed E-state index contributed by atoms with van der Waals surface area (Å²) in [6, 6.07) is 14.5. The monoisotopic (exact) mass is 307 g/mol. The van der Waals surface area contributed by atoms with Gasteiger partial charge in [-0.1, -0.05) is 12.1 Å². The van der Waals surface area contributed by atoms with Crippen LogP contribution in [0.3, 0.4) is 0 Å². The number of aromatic amines is 1. The summed E-state index contributed by atoms with van der Waals surface area (Å²) in [5, 5.41) is 0.993. The molecule has 116 valence electrons. The van der Waals surface area contributed by atoms with Gasteiger partial charge in [0.1, 0.15) is 5.75 Å². The van der Waals surface area contributed by atoms with Gasteiger partial charge in [-0.15, -0.1) is 0 Å². The Morgan fingerprint density at radius 1 is 1.00 bits per heavy atom. The van der Waals surface area contributed by atoms with Crippen molar-refractivity contribution in [3.05, 3.63) is 65.9 Å². The van der Waals surface area contributed by atoms with E-state index in [1.165, 1.54) is 7.11 Å². The van der Waals surface area contributed by atoms with Gasteiger partial charge in [0, 0.05) is 35.5 Å². The van der Waals surface area contributed by atoms with Crippen LogP contribution in [-0.4, -0.2) is 23.7 Å². The van der Waals surface area contributed by atoms with E-state index in [0.29, 0.717) is 16.9 Å². The minimum Gasteiger partial charge on any atom is -0.496 e. The van der Waals surface area contributed by atoms with Crippen molar-refractivity contribution < 1.29 is 14.3 Å². The molecule has 0 aliphatic heterocycles. The Morgan fingerprint density at radius 3 is 2.61 bits per heavy atom. The van der Waals surface area contributed by atoms with E-state index in [9.17, 15) is 9.59 Å². The summed E-state index contributed by atoms with van der Waals surface area (Å²) in [5.74, 6) is 0.425. The summed E-state index contributed by atoms with van der Waals surface area (Å²) in [5.41, 5.74) is 2.14. The van der Waals surface area contributed by atoms with Gasteiger partial charge < -0.3 is 9.72 Å². The van der Waals surface area contributed by atoms with Gasteiger partial charge in [0.25, 0.3) is 0 Å². The molecule has 0 saturated carbocycles. The molecule has 0 unspecified atom stereocenters. The van der Waals surface area contributed by atoms with Gasteiger partial charge in [-0.05, 0) is 36.4 Å². The topological polar surface area (TPSA) is 59.2 Å². The number of aromatic nitrogens is 1. The van der Waals surface area contributed by atoms with Crippen molar-refractivity contribution in [3.63, 3.8) is 0 Å². The van der Waals surface area contributed by atoms with Gasteiger partial charge in [0.05, 0.1) is 12.7 Å². The lowest BCUT2D eigenvalue weighted by Crippen LogP contribution is -2.06. The predicted molar refractivity (Wildman–Crippen MR) is 89.2 cm³/mol. The van der Waals surface area contributed by atoms with Crippen molar-refractivity contribution in [2.45, 2.75) is 12.8 Å². The first-order chi connectivity index (χ1) is 11.2. The lowest BCUT2D eigenvalue weighted by atomic mass is 10.0. The smallest absolute Gasteiger partial charge is 0.167 e. The molecule has 2 aromatic carbocycles. The highest BCUT2D eigenvalue weighted by Gasteiger charge is 2.14. The van der Waals surface area contributed by atoms with Gasteiger partial charge in [-0.3, -0.25) is 9.59 Å². The van der Waals surface area contributed by atoms with E-state index >= 15 is 0 Å². The number of benzene rings is 2. The number of ketones is 2. The highest BCUT2D eigenvalue weighted by atomic mass is 16.5. The number of H-pyrrole nitrogens is 1. The molecule has 0 aliphatic carbocycles. The van der Waals surface area contributed by atoms with Crippen molar-refractivity contribution in [2.75, 3.05) is 7.11 Å². The first kappa shape index (κ1) is 15.0. The van der Waals surface area contributed by atoms with E-state index in [2.05, 4.69) is 4.98 Å². The Labute approximate surface area is 134 Å². The molecule has 1 heterocycles. The SMILES string of the molecule is COc1ccccc1C(=O)CCC(=O)c1ccc2[nH]ccc2c1. The molecule has 1 aromatic heterocycles. The molecule has 23 heavy (non-hydrogen) atoms. The maximum absolute atomic E-state index is 12.3. The number of fused-ring (bicyclic) bond motifs is 1. The number of nitrogens with one attached hydrogen (secondary N) is 1. The van der Waals surface area contributed by atoms with Gasteiger partial charge >= 0.3 is 0 Å². The maximum Gasteiger partial charge on any atom is 0.167 e. The number of para-hydroxylation sites is 1. The third kappa shape index (κ3) is 3.16. The number of carbonyl (C=O) groups is 2. The number of rotatable bonds is 6. The Morgan fingerprint density at radius 2 is 1.78 bits per heavy atom. The van der Waals surface area contributed by atoms with Crippen LogP contribution in [0.4, 0.5) is 0 Å². The van der Waals surface area contributed by atoms with Crippen LogP contribution < -0.4 is 4.74 Å². The van der Waals surface area contributed by atoms with E-state index in [0.717, 1.165) is 10.9 Å². The van der Waals surface area contributed by atoms with Gasteiger partial charge in [0.2, 0.25) is 0 Å². The average molecular weight is 307 g/mol. The molecular weight excluding hydrogens is 290 g/mol. The predicted octanol–water partition coefficient (Wildman–Crippen LogP) is 4.02. The molecule has 1 N–H and O–H groups in total. The summed E-state index contributed by atoms with van der Waals surface area (Å²) in [6.07, 6.45) is 2.20. The standard InChI is InChI=1S/C19H17NO3/c1-23-19-5-3-2-4-15(19)18(22)9-8-17(21)14-6-7-16-13(12-14)10-11-20-16/h2-7,10-12,20H,8-9H2,1H3. The fraction of sp³-hybridized carbons (Fsp3) is 0.158. The molecule has 3 aromatic rings. The van der Waals surface area contributed by atoms with E-state index in [4.69, 9.17) is 4.74 Å². The minimum atomic E-state index is -0.0847. The van der Waals surface area contributed by atoms with Crippen LogP contribution >= 0.6 is 0 Å². The Bertz CT molecular complexity index is 864. The largest absolute Gasteiger partial charge is 0.496 e. The highest BCUT2D eigenvalue weighted by molar-refractivity contribution is 6.04. The lowest BCUT2D eigenvalue weighted by Gasteiger charge is -2.07. The Balaban J connectivity index is 1.69. The summed E-state index contributed by atoms with van der Waals surface area (Å²) in [4.78, 5) is 27.7. The molecule has 4 heteroatoms. The van der Waals surface area contributed by atoms with Gasteiger partial charge in [-0.2, -0.15) is 0 Å². The van der Waals surface area contributed by atoms with Crippen molar-refractivity contribution in [2.24, 2.45) is 0 Å². The van der Waals surface area contributed by atoms with Gasteiger partial charge in [-0.25, -0.2) is 0 Å². The fourth-order valence-electron chi connectivity index (χ4n) is 2.61. The molecular formula is C19H17NO3. The van der Waals surface area contributed by atoms with Crippen LogP contribution in [-0.2, 0) is 0 Å². The second-order valence-corrected chi connectivity index (χ2v) is 5.33. The van der Waals surface area contributed by atoms with E-state index in [-0.39, 0.29) is 24.4 Å². The van der Waals surface area contributed by atoms with Crippen molar-refractivity contribution in [3.8, 4) is 5.75 Å². The van der Waals surface area contributed by atoms with Gasteiger partial charge in [0.15, 0.2) is 11.6 Å². The van der Waals surface area contributed by atoms with E-state index in [1.54, 1.807) is 24.3 Å². The molecule has 0 bridgehead atoms. The first-order valence-corrected chi connectivity index (χ1v) is 7.45. The number of methoxy groups -OCH3 is 1. The van der Waals surface area contributed by atoms with E-state index in [1.807, 2.05) is 30.5 Å². The summed E-state index contributed by atoms with van der Waals surface area (Å²) < 4.78 is 5.19. The molecule has 4 nitrogen and oxygen atoms in total. The van der Waals surface area contributed by atoms with Crippen LogP contribution in [0.15, 0.2) is 54.7 Å². The van der Waals surface area contributed by atoms with E-state index < -0.39 is 0 Å². The summed E-state index contributed by atoms with van der Waals surface area (Å²) in [7, 11) is 1.53. The number of ether oxygens (including phenoxy) is 1. The first-order valence-electron chi connectivity index (χ1n) is 7.45. The second-order valence-electron chi connectivity index (χ2n) is 5.33. The third-order valence-electron chi connectivity index (χ3n) is 3.86. The van der Waals surface area contributed by atoms with Crippen molar-refractivity contribution >= 4 is 22.5 Å². The average Bonchev–Trinajstić information content (AvgIpc) is 3.06. The molecule has 0 atom stereocenters. The quantitative estimate of drug-likeness (QED) is 0.700. The van der Waals surface area contributed by atoms with Crippen molar-refractivity contribution in [1.82, 2.24) is 4.98 Å². The number of hydrogen-bond acceptors (Lipinski definition) is 3. The molecule has 0 aliphatic rings. The lowest BCUT2D eigenvalue weighted by molar-refractivity contribution is 0.0916. The van der Waals surface area contributed by atoms with Crippen LogP contribution in [0.5, 0.6) is 5.75 Å². The fourth-order valence-corrected chi connectivity index (χ4v) is 2.61. The molecule has 0 radical (unpaired) electrons. The molecule has 0 saturated heterocycles. The molecule has 0 fully saturated rings. The number of carbonyl (C=O) groups excluding carboxylic acids is 2. The summed E-state index contributed by atoms with van der Waals surface area (Å²) in [6.45, 7) is 0. The number of Topliss-reactive ketones (excluding diaryl/α,β-unsaturated/α-hetero) is 2. The zero-order valence-electron chi connectivity index (χ0n) is 12.8.